The highest BCUT2D eigenvalue weighted by atomic mass is 79.9. The van der Waals surface area contributed by atoms with E-state index in [2.05, 4.69) is 26.2 Å². The van der Waals surface area contributed by atoms with Crippen LogP contribution in [0.2, 0.25) is 0 Å². The molecule has 1 aliphatic rings. The monoisotopic (exact) mass is 455 g/mol. The van der Waals surface area contributed by atoms with E-state index in [9.17, 15) is 9.59 Å². The number of piperidine rings is 1. The maximum absolute atomic E-state index is 12.7. The molecule has 1 saturated heterocycles. The lowest BCUT2D eigenvalue weighted by Crippen LogP contribution is -2.41. The van der Waals surface area contributed by atoms with Crippen LogP contribution in [0.3, 0.4) is 0 Å². The van der Waals surface area contributed by atoms with Crippen molar-refractivity contribution in [3.05, 3.63) is 58.4 Å². The van der Waals surface area contributed by atoms with Crippen molar-refractivity contribution in [2.45, 2.75) is 26.2 Å². The minimum atomic E-state index is -0.108. The number of benzene rings is 2. The van der Waals surface area contributed by atoms with Crippen LogP contribution >= 0.6 is 15.9 Å². The first-order valence-electron chi connectivity index (χ1n) is 9.78. The SMILES string of the molecule is CCc1nc2cc(NC(=O)C3CCN(C(=O)c4ccc(Br)cc4)CC3)ccc2o1. The Kier molecular flexibility index (Phi) is 5.67. The van der Waals surface area contributed by atoms with Crippen LogP contribution in [0.15, 0.2) is 51.4 Å². The number of rotatable bonds is 4. The van der Waals surface area contributed by atoms with E-state index in [0.29, 0.717) is 43.1 Å². The van der Waals surface area contributed by atoms with Gasteiger partial charge in [-0.3, -0.25) is 9.59 Å². The molecule has 0 aliphatic carbocycles. The summed E-state index contributed by atoms with van der Waals surface area (Å²) in [5, 5.41) is 2.98. The van der Waals surface area contributed by atoms with E-state index < -0.39 is 0 Å². The standard InChI is InChI=1S/C22H22BrN3O3/c1-2-20-25-18-13-17(7-8-19(18)29-20)24-21(27)14-9-11-26(12-10-14)22(28)15-3-5-16(23)6-4-15/h3-8,13-14H,2,9-12H2,1H3,(H,24,27). The fourth-order valence-corrected chi connectivity index (χ4v) is 3.83. The minimum Gasteiger partial charge on any atom is -0.441 e. The smallest absolute Gasteiger partial charge is 0.253 e. The number of halogens is 1. The normalized spacial score (nSPS) is 14.9. The van der Waals surface area contributed by atoms with Gasteiger partial charge in [0.05, 0.1) is 0 Å². The van der Waals surface area contributed by atoms with Gasteiger partial charge in [-0.25, -0.2) is 4.98 Å². The van der Waals surface area contributed by atoms with Crippen LogP contribution in [0.1, 0.15) is 36.0 Å². The summed E-state index contributed by atoms with van der Waals surface area (Å²) < 4.78 is 6.55. The van der Waals surface area contributed by atoms with E-state index in [4.69, 9.17) is 4.42 Å². The maximum Gasteiger partial charge on any atom is 0.253 e. The summed E-state index contributed by atoms with van der Waals surface area (Å²) in [6, 6.07) is 12.9. The van der Waals surface area contributed by atoms with Gasteiger partial charge in [-0.15, -0.1) is 0 Å². The molecule has 150 valence electrons. The molecule has 6 nitrogen and oxygen atoms in total. The molecule has 4 rings (SSSR count). The maximum atomic E-state index is 12.7. The highest BCUT2D eigenvalue weighted by Gasteiger charge is 2.28. The number of amides is 2. The second-order valence-corrected chi connectivity index (χ2v) is 8.12. The van der Waals surface area contributed by atoms with Crippen LogP contribution in [0.25, 0.3) is 11.1 Å². The summed E-state index contributed by atoms with van der Waals surface area (Å²) in [5.41, 5.74) is 2.85. The number of oxazole rings is 1. The molecule has 2 heterocycles. The molecule has 0 saturated carbocycles. The Balaban J connectivity index is 1.35. The molecule has 0 bridgehead atoms. The van der Waals surface area contributed by atoms with Crippen molar-refractivity contribution in [3.8, 4) is 0 Å². The predicted octanol–water partition coefficient (Wildman–Crippen LogP) is 4.64. The molecule has 1 fully saturated rings. The molecule has 2 amide bonds. The molecule has 0 radical (unpaired) electrons. The number of hydrogen-bond acceptors (Lipinski definition) is 4. The Hall–Kier alpha value is -2.67. The first kappa shape index (κ1) is 19.6. The molecule has 0 spiro atoms. The van der Waals surface area contributed by atoms with Gasteiger partial charge in [0.2, 0.25) is 5.91 Å². The number of aromatic nitrogens is 1. The van der Waals surface area contributed by atoms with Gasteiger partial charge >= 0.3 is 0 Å². The lowest BCUT2D eigenvalue weighted by Gasteiger charge is -2.31. The van der Waals surface area contributed by atoms with Crippen LogP contribution in [-0.2, 0) is 11.2 Å². The summed E-state index contributed by atoms with van der Waals surface area (Å²) >= 11 is 3.38. The average molecular weight is 456 g/mol. The van der Waals surface area contributed by atoms with E-state index in [1.807, 2.05) is 54.3 Å². The third-order valence-electron chi connectivity index (χ3n) is 5.25. The Morgan fingerprint density at radius 3 is 2.59 bits per heavy atom. The molecule has 3 aromatic rings. The Labute approximate surface area is 177 Å². The number of carbonyl (C=O) groups is 2. The fourth-order valence-electron chi connectivity index (χ4n) is 3.57. The largest absolute Gasteiger partial charge is 0.441 e. The lowest BCUT2D eigenvalue weighted by atomic mass is 9.95. The number of nitrogens with zero attached hydrogens (tertiary/aromatic N) is 2. The Morgan fingerprint density at radius 1 is 1.17 bits per heavy atom. The molecular weight excluding hydrogens is 434 g/mol. The van der Waals surface area contributed by atoms with Crippen LogP contribution in [0, 0.1) is 5.92 Å². The van der Waals surface area contributed by atoms with Crippen molar-refractivity contribution in [2.75, 3.05) is 18.4 Å². The number of anilines is 1. The van der Waals surface area contributed by atoms with E-state index in [1.54, 1.807) is 0 Å². The molecule has 0 atom stereocenters. The molecule has 2 aromatic carbocycles. The molecule has 1 N–H and O–H groups in total. The Morgan fingerprint density at radius 2 is 1.90 bits per heavy atom. The highest BCUT2D eigenvalue weighted by molar-refractivity contribution is 9.10. The van der Waals surface area contributed by atoms with Gasteiger partial charge < -0.3 is 14.6 Å². The summed E-state index contributed by atoms with van der Waals surface area (Å²) in [7, 11) is 0. The zero-order valence-corrected chi connectivity index (χ0v) is 17.7. The van der Waals surface area contributed by atoms with Crippen LogP contribution in [0.5, 0.6) is 0 Å². The second-order valence-electron chi connectivity index (χ2n) is 7.21. The zero-order chi connectivity index (χ0) is 20.4. The second kappa shape index (κ2) is 8.37. The van der Waals surface area contributed by atoms with E-state index in [0.717, 1.165) is 22.0 Å². The molecule has 7 heteroatoms. The van der Waals surface area contributed by atoms with E-state index in [-0.39, 0.29) is 17.7 Å². The zero-order valence-electron chi connectivity index (χ0n) is 16.2. The van der Waals surface area contributed by atoms with E-state index in [1.165, 1.54) is 0 Å². The molecule has 0 unspecified atom stereocenters. The fraction of sp³-hybridized carbons (Fsp3) is 0.318. The van der Waals surface area contributed by atoms with Gasteiger partial charge in [-0.1, -0.05) is 22.9 Å². The van der Waals surface area contributed by atoms with Crippen molar-refractivity contribution in [1.82, 2.24) is 9.88 Å². The van der Waals surface area contributed by atoms with Gasteiger partial charge in [0.15, 0.2) is 11.5 Å². The first-order valence-corrected chi connectivity index (χ1v) is 10.6. The van der Waals surface area contributed by atoms with Gasteiger partial charge in [0, 0.05) is 41.2 Å². The van der Waals surface area contributed by atoms with Crippen molar-refractivity contribution in [2.24, 2.45) is 5.92 Å². The number of aryl methyl sites for hydroxylation is 1. The van der Waals surface area contributed by atoms with Crippen molar-refractivity contribution in [3.63, 3.8) is 0 Å². The number of nitrogens with one attached hydrogen (secondary N) is 1. The first-order chi connectivity index (χ1) is 14.0. The highest BCUT2D eigenvalue weighted by Crippen LogP contribution is 2.24. The quantitative estimate of drug-likeness (QED) is 0.621. The molecular formula is C22H22BrN3O3. The van der Waals surface area contributed by atoms with Crippen LogP contribution < -0.4 is 5.32 Å². The van der Waals surface area contributed by atoms with Crippen molar-refractivity contribution < 1.29 is 14.0 Å². The molecule has 1 aliphatic heterocycles. The number of likely N-dealkylation sites (tertiary alicyclic amines) is 1. The third-order valence-corrected chi connectivity index (χ3v) is 5.77. The number of fused-ring (bicyclic) bond motifs is 1. The van der Waals surface area contributed by atoms with Crippen molar-refractivity contribution in [1.29, 1.82) is 0 Å². The average Bonchev–Trinajstić information content (AvgIpc) is 3.16. The Bertz CT molecular complexity index is 1040. The number of hydrogen-bond donors (Lipinski definition) is 1. The summed E-state index contributed by atoms with van der Waals surface area (Å²) in [4.78, 5) is 31.5. The molecule has 1 aromatic heterocycles. The van der Waals surface area contributed by atoms with Gasteiger partial charge in [-0.05, 0) is 55.3 Å². The van der Waals surface area contributed by atoms with Gasteiger partial charge in [0.1, 0.15) is 5.52 Å². The number of carbonyl (C=O) groups excluding carboxylic acids is 2. The predicted molar refractivity (Wildman–Crippen MR) is 115 cm³/mol. The lowest BCUT2D eigenvalue weighted by molar-refractivity contribution is -0.121. The van der Waals surface area contributed by atoms with Gasteiger partial charge in [0.25, 0.3) is 5.91 Å². The summed E-state index contributed by atoms with van der Waals surface area (Å²) in [5.74, 6) is 0.577. The summed E-state index contributed by atoms with van der Waals surface area (Å²) in [6.45, 7) is 3.14. The van der Waals surface area contributed by atoms with E-state index >= 15 is 0 Å². The molecule has 29 heavy (non-hydrogen) atoms. The van der Waals surface area contributed by atoms with Crippen LogP contribution in [0.4, 0.5) is 5.69 Å². The summed E-state index contributed by atoms with van der Waals surface area (Å²) in [6.07, 6.45) is 2.04. The van der Waals surface area contributed by atoms with Gasteiger partial charge in [-0.2, -0.15) is 0 Å². The third kappa shape index (κ3) is 4.34. The van der Waals surface area contributed by atoms with Crippen LogP contribution in [-0.4, -0.2) is 34.8 Å². The van der Waals surface area contributed by atoms with Crippen molar-refractivity contribution >= 4 is 44.5 Å². The topological polar surface area (TPSA) is 75.4 Å². The minimum absolute atomic E-state index is 0.0135.